The smallest absolute Gasteiger partial charge is 0.462 e. The maximum atomic E-state index is 13.1. The Labute approximate surface area is 605 Å². The first-order valence-electron chi connectivity index (χ1n) is 38.4. The van der Waals surface area contributed by atoms with E-state index in [1.54, 1.807) is 0 Å². The number of phosphoric ester groups is 2. The molecule has 0 aromatic rings. The monoisotopic (exact) mass is 1440 g/mol. The van der Waals surface area contributed by atoms with Crippen LogP contribution in [0.1, 0.15) is 297 Å². The lowest BCUT2D eigenvalue weighted by Gasteiger charge is -2.21. The predicted octanol–water partition coefficient (Wildman–Crippen LogP) is 22.1. The molecule has 100 heavy (non-hydrogen) atoms. The van der Waals surface area contributed by atoms with Crippen molar-refractivity contribution in [1.82, 2.24) is 0 Å². The van der Waals surface area contributed by atoms with Crippen LogP contribution in [0.25, 0.3) is 0 Å². The van der Waals surface area contributed by atoms with E-state index in [0.717, 1.165) is 173 Å². The lowest BCUT2D eigenvalue weighted by atomic mass is 10.1. The van der Waals surface area contributed by atoms with Crippen molar-refractivity contribution in [3.05, 3.63) is 134 Å². The molecule has 0 saturated carbocycles. The number of hydrogen-bond donors (Lipinski definition) is 3. The van der Waals surface area contributed by atoms with Gasteiger partial charge in [0.25, 0.3) is 0 Å². The summed E-state index contributed by atoms with van der Waals surface area (Å²) in [4.78, 5) is 72.9. The average Bonchev–Trinajstić information content (AvgIpc) is 1.06. The lowest BCUT2D eigenvalue weighted by Crippen LogP contribution is -2.30. The first-order chi connectivity index (χ1) is 48.7. The minimum Gasteiger partial charge on any atom is -0.462 e. The van der Waals surface area contributed by atoms with Crippen molar-refractivity contribution in [1.29, 1.82) is 0 Å². The summed E-state index contributed by atoms with van der Waals surface area (Å²) < 4.78 is 68.4. The number of aliphatic hydroxyl groups excluding tert-OH is 1. The Morgan fingerprint density at radius 2 is 0.540 bits per heavy atom. The Balaban J connectivity index is 5.42. The molecular weight excluding hydrogens is 1310 g/mol. The van der Waals surface area contributed by atoms with Crippen LogP contribution in [0.5, 0.6) is 0 Å². The zero-order chi connectivity index (χ0) is 73.2. The second-order valence-electron chi connectivity index (χ2n) is 25.2. The molecule has 0 aliphatic carbocycles. The Bertz CT molecular complexity index is 2420. The molecule has 17 nitrogen and oxygen atoms in total. The van der Waals surface area contributed by atoms with Crippen LogP contribution in [0.15, 0.2) is 134 Å². The number of esters is 4. The molecule has 0 amide bonds. The van der Waals surface area contributed by atoms with Gasteiger partial charge in [-0.25, -0.2) is 9.13 Å². The minimum absolute atomic E-state index is 0.0330. The van der Waals surface area contributed by atoms with Gasteiger partial charge < -0.3 is 33.8 Å². The van der Waals surface area contributed by atoms with Crippen molar-refractivity contribution < 1.29 is 80.2 Å². The van der Waals surface area contributed by atoms with Crippen molar-refractivity contribution in [3.8, 4) is 0 Å². The molecule has 0 bridgehead atoms. The minimum atomic E-state index is -5.00. The van der Waals surface area contributed by atoms with Crippen LogP contribution >= 0.6 is 15.6 Å². The molecule has 0 aliphatic heterocycles. The van der Waals surface area contributed by atoms with Gasteiger partial charge in [0.1, 0.15) is 19.3 Å². The summed E-state index contributed by atoms with van der Waals surface area (Å²) in [5.74, 6) is -2.28. The molecule has 0 saturated heterocycles. The maximum absolute atomic E-state index is 13.1. The van der Waals surface area contributed by atoms with E-state index in [1.807, 2.05) is 0 Å². The fourth-order valence-corrected chi connectivity index (χ4v) is 11.3. The molecule has 0 radical (unpaired) electrons. The molecule has 0 heterocycles. The molecule has 5 unspecified atom stereocenters. The van der Waals surface area contributed by atoms with E-state index in [1.165, 1.54) is 38.5 Å². The summed E-state index contributed by atoms with van der Waals surface area (Å²) in [5.41, 5.74) is 0. The summed E-state index contributed by atoms with van der Waals surface area (Å²) in [6, 6.07) is 0. The summed E-state index contributed by atoms with van der Waals surface area (Å²) >= 11 is 0. The molecule has 0 aromatic heterocycles. The third-order valence-corrected chi connectivity index (χ3v) is 17.5. The molecule has 572 valence electrons. The van der Waals surface area contributed by atoms with Gasteiger partial charge in [0, 0.05) is 25.7 Å². The summed E-state index contributed by atoms with van der Waals surface area (Å²) in [6.45, 7) is 4.47. The van der Waals surface area contributed by atoms with Gasteiger partial charge in [-0.2, -0.15) is 0 Å². The van der Waals surface area contributed by atoms with Crippen LogP contribution < -0.4 is 0 Å². The van der Waals surface area contributed by atoms with E-state index in [9.17, 15) is 43.2 Å². The quantitative estimate of drug-likeness (QED) is 0.0169. The van der Waals surface area contributed by atoms with Crippen LogP contribution in [0, 0.1) is 0 Å². The van der Waals surface area contributed by atoms with E-state index in [2.05, 4.69) is 161 Å². The van der Waals surface area contributed by atoms with Crippen LogP contribution in [0.2, 0.25) is 0 Å². The SMILES string of the molecule is CC/C=C\C/C=C\C/C=C\C/C=C\CCCCCCC(=O)OCC(COP(=O)(O)OCC(O)COP(=O)(O)OCC(COC(=O)CCCCCCC/C=C\CCCCCCCC)OC(=O)CCCCCCC/C=C\C/C=C\CCC)OC(=O)CCCC/C=C\C/C=C\C/C=C\C/C=C\CC. The van der Waals surface area contributed by atoms with Crippen molar-refractivity contribution in [2.75, 3.05) is 39.6 Å². The molecule has 5 atom stereocenters. The topological polar surface area (TPSA) is 237 Å². The molecule has 0 rings (SSSR count). The zero-order valence-electron chi connectivity index (χ0n) is 62.3. The van der Waals surface area contributed by atoms with Crippen molar-refractivity contribution in [3.63, 3.8) is 0 Å². The maximum Gasteiger partial charge on any atom is 0.472 e. The highest BCUT2D eigenvalue weighted by Crippen LogP contribution is 2.45. The number of allylic oxidation sites excluding steroid dienone is 22. The molecule has 19 heteroatoms. The van der Waals surface area contributed by atoms with Crippen LogP contribution in [-0.2, 0) is 65.4 Å². The number of carbonyl (C=O) groups is 4. The lowest BCUT2D eigenvalue weighted by molar-refractivity contribution is -0.161. The highest BCUT2D eigenvalue weighted by molar-refractivity contribution is 7.47. The number of aliphatic hydroxyl groups is 1. The van der Waals surface area contributed by atoms with Gasteiger partial charge in [-0.15, -0.1) is 0 Å². The molecule has 3 N–H and O–H groups in total. The van der Waals surface area contributed by atoms with Gasteiger partial charge in [0.15, 0.2) is 12.2 Å². The summed E-state index contributed by atoms with van der Waals surface area (Å²) in [6.07, 6.45) is 80.2. The standard InChI is InChI=1S/C81H136O17P2/c1-5-9-13-17-21-25-29-33-36-37-40-43-46-50-54-58-62-66-79(84)92-72-77(98-81(86)68-64-60-56-52-48-44-39-35-31-27-23-19-15-11-7-3)74-96-100(89,90)94-70-75(82)69-93-99(87,88)95-73-76(97-80(85)67-63-59-55-51-47-41-32-28-24-20-16-12-8-4)71-91-78(83)65-61-57-53-49-45-42-38-34-30-26-22-18-14-10-6-2/h9,11,13,15-16,20-21,23,25,27-28,32-36,38-40,43,48,52,75-77,82H,5-8,10,12,14,17-19,22,24,26,29-31,37,41-42,44-47,49-51,53-74H2,1-4H3,(H,87,88)(H,89,90)/b13-9-,15-11-,20-16-,25-21-,27-23-,32-28-,36-33-,38-34-,39-35-,43-40-,52-48-. The van der Waals surface area contributed by atoms with E-state index in [4.69, 9.17) is 37.0 Å². The summed E-state index contributed by atoms with van der Waals surface area (Å²) in [7, 11) is -9.98. The number of unbranched alkanes of at least 4 members (excludes halogenated alkanes) is 23. The number of phosphoric acid groups is 2. The summed E-state index contributed by atoms with van der Waals surface area (Å²) in [5, 5.41) is 10.6. The fraction of sp³-hybridized carbons (Fsp3) is 0.679. The fourth-order valence-electron chi connectivity index (χ4n) is 9.76. The zero-order valence-corrected chi connectivity index (χ0v) is 64.1. The second kappa shape index (κ2) is 72.5. The third kappa shape index (κ3) is 71.6. The van der Waals surface area contributed by atoms with Crippen molar-refractivity contribution in [2.45, 2.75) is 316 Å². The third-order valence-electron chi connectivity index (χ3n) is 15.6. The first kappa shape index (κ1) is 95.2. The predicted molar refractivity (Wildman–Crippen MR) is 408 cm³/mol. The van der Waals surface area contributed by atoms with E-state index in [-0.39, 0.29) is 25.7 Å². The van der Waals surface area contributed by atoms with Gasteiger partial charge in [0.05, 0.1) is 26.4 Å². The number of carbonyl (C=O) groups excluding carboxylic acids is 4. The second-order valence-corrected chi connectivity index (χ2v) is 28.1. The van der Waals surface area contributed by atoms with E-state index < -0.39 is 97.5 Å². The van der Waals surface area contributed by atoms with Gasteiger partial charge in [0.2, 0.25) is 0 Å². The molecular formula is C81H136O17P2. The van der Waals surface area contributed by atoms with Crippen LogP contribution in [0.4, 0.5) is 0 Å². The van der Waals surface area contributed by atoms with Crippen LogP contribution in [0.3, 0.4) is 0 Å². The Kier molecular flexibility index (Phi) is 69.1. The average molecular weight is 1440 g/mol. The van der Waals surface area contributed by atoms with Gasteiger partial charge in [-0.1, -0.05) is 251 Å². The van der Waals surface area contributed by atoms with Crippen LogP contribution in [-0.4, -0.2) is 96.7 Å². The molecule has 0 aliphatic rings. The van der Waals surface area contributed by atoms with Gasteiger partial charge >= 0.3 is 39.5 Å². The Morgan fingerprint density at radius 1 is 0.290 bits per heavy atom. The highest BCUT2D eigenvalue weighted by atomic mass is 31.2. The number of hydrogen-bond acceptors (Lipinski definition) is 15. The van der Waals surface area contributed by atoms with Crippen molar-refractivity contribution in [2.24, 2.45) is 0 Å². The number of ether oxygens (including phenoxy) is 4. The Morgan fingerprint density at radius 3 is 0.870 bits per heavy atom. The number of rotatable bonds is 71. The van der Waals surface area contributed by atoms with Gasteiger partial charge in [-0.3, -0.25) is 37.3 Å². The molecule has 0 aromatic carbocycles. The molecule has 0 fully saturated rings. The van der Waals surface area contributed by atoms with Crippen molar-refractivity contribution >= 4 is 39.5 Å². The van der Waals surface area contributed by atoms with Gasteiger partial charge in [-0.05, 0) is 154 Å². The van der Waals surface area contributed by atoms with E-state index >= 15 is 0 Å². The normalized spacial score (nSPS) is 14.7. The highest BCUT2D eigenvalue weighted by Gasteiger charge is 2.30. The van der Waals surface area contributed by atoms with E-state index in [0.29, 0.717) is 32.1 Å². The first-order valence-corrected chi connectivity index (χ1v) is 41.4. The molecule has 0 spiro atoms. The Hall–Kier alpha value is -4.80. The largest absolute Gasteiger partial charge is 0.472 e.